The number of carbonyl (C=O) groups is 2. The Kier molecular flexibility index (Phi) is 7.48. The van der Waals surface area contributed by atoms with E-state index in [1.54, 1.807) is 7.11 Å². The fourth-order valence-corrected chi connectivity index (χ4v) is 2.33. The van der Waals surface area contributed by atoms with Gasteiger partial charge in [-0.25, -0.2) is 0 Å². The fourth-order valence-electron chi connectivity index (χ4n) is 2.33. The smallest absolute Gasteiger partial charge is 0.245 e. The van der Waals surface area contributed by atoms with Crippen molar-refractivity contribution in [3.63, 3.8) is 0 Å². The molecular formula is C14H26N2O3. The lowest BCUT2D eigenvalue weighted by Crippen LogP contribution is -2.44. The Labute approximate surface area is 115 Å². The first-order valence-corrected chi connectivity index (χ1v) is 7.26. The lowest BCUT2D eigenvalue weighted by molar-refractivity contribution is -0.133. The van der Waals surface area contributed by atoms with Gasteiger partial charge in [-0.1, -0.05) is 13.3 Å². The van der Waals surface area contributed by atoms with Crippen LogP contribution in [0.5, 0.6) is 0 Å². The molecule has 1 aliphatic rings. The first-order valence-electron chi connectivity index (χ1n) is 7.26. The Morgan fingerprint density at radius 3 is 2.79 bits per heavy atom. The van der Waals surface area contributed by atoms with Gasteiger partial charge in [0.1, 0.15) is 6.04 Å². The van der Waals surface area contributed by atoms with E-state index in [0.29, 0.717) is 13.0 Å². The summed E-state index contributed by atoms with van der Waals surface area (Å²) in [5, 5.41) is 2.82. The number of nitrogens with zero attached hydrogens (tertiary/aromatic N) is 1. The highest BCUT2D eigenvalue weighted by atomic mass is 16.5. The molecule has 1 N–H and O–H groups in total. The third-order valence-corrected chi connectivity index (χ3v) is 3.41. The van der Waals surface area contributed by atoms with Crippen molar-refractivity contribution >= 4 is 11.8 Å². The fraction of sp³-hybridized carbons (Fsp3) is 0.857. The van der Waals surface area contributed by atoms with Gasteiger partial charge in [-0.05, 0) is 25.7 Å². The number of hydrogen-bond acceptors (Lipinski definition) is 3. The van der Waals surface area contributed by atoms with E-state index in [9.17, 15) is 9.59 Å². The Morgan fingerprint density at radius 2 is 2.11 bits per heavy atom. The van der Waals surface area contributed by atoms with Crippen LogP contribution in [0.4, 0.5) is 0 Å². The maximum absolute atomic E-state index is 12.3. The zero-order valence-electron chi connectivity index (χ0n) is 12.1. The van der Waals surface area contributed by atoms with Crippen molar-refractivity contribution in [1.82, 2.24) is 10.2 Å². The van der Waals surface area contributed by atoms with Crippen LogP contribution in [0, 0.1) is 0 Å². The van der Waals surface area contributed by atoms with Crippen LogP contribution in [0.25, 0.3) is 0 Å². The molecule has 0 aromatic heterocycles. The van der Waals surface area contributed by atoms with Gasteiger partial charge in [0.15, 0.2) is 0 Å². The van der Waals surface area contributed by atoms with E-state index in [4.69, 9.17) is 4.74 Å². The van der Waals surface area contributed by atoms with Gasteiger partial charge in [0, 0.05) is 33.2 Å². The van der Waals surface area contributed by atoms with Crippen LogP contribution < -0.4 is 5.32 Å². The quantitative estimate of drug-likeness (QED) is 0.677. The Morgan fingerprint density at radius 1 is 1.32 bits per heavy atom. The van der Waals surface area contributed by atoms with E-state index in [-0.39, 0.29) is 17.9 Å². The molecule has 1 rings (SSSR count). The van der Waals surface area contributed by atoms with Gasteiger partial charge in [-0.15, -0.1) is 0 Å². The summed E-state index contributed by atoms with van der Waals surface area (Å²) in [5.41, 5.74) is 0. The Balaban J connectivity index is 2.41. The lowest BCUT2D eigenvalue weighted by Gasteiger charge is -2.23. The Bertz CT molecular complexity index is 294. The summed E-state index contributed by atoms with van der Waals surface area (Å²) < 4.78 is 5.00. The predicted molar refractivity (Wildman–Crippen MR) is 73.8 cm³/mol. The minimum atomic E-state index is -0.320. The second-order valence-electron chi connectivity index (χ2n) is 5.04. The van der Waals surface area contributed by atoms with Crippen molar-refractivity contribution in [2.45, 2.75) is 51.5 Å². The van der Waals surface area contributed by atoms with Crippen LogP contribution in [-0.4, -0.2) is 49.6 Å². The molecule has 0 radical (unpaired) electrons. The second kappa shape index (κ2) is 8.91. The van der Waals surface area contributed by atoms with Crippen LogP contribution in [-0.2, 0) is 14.3 Å². The van der Waals surface area contributed by atoms with Gasteiger partial charge in [0.25, 0.3) is 0 Å². The first-order chi connectivity index (χ1) is 9.19. The molecule has 0 saturated carbocycles. The maximum Gasteiger partial charge on any atom is 0.245 e. The Hall–Kier alpha value is -1.10. The molecule has 19 heavy (non-hydrogen) atoms. The summed E-state index contributed by atoms with van der Waals surface area (Å²) in [6.07, 6.45) is 5.10. The van der Waals surface area contributed by atoms with Gasteiger partial charge in [-0.3, -0.25) is 9.59 Å². The molecule has 1 aliphatic heterocycles. The van der Waals surface area contributed by atoms with E-state index in [2.05, 4.69) is 5.32 Å². The summed E-state index contributed by atoms with van der Waals surface area (Å²) >= 11 is 0. The van der Waals surface area contributed by atoms with Crippen LogP contribution in [0.3, 0.4) is 0 Å². The highest BCUT2D eigenvalue weighted by Gasteiger charge is 2.28. The van der Waals surface area contributed by atoms with Crippen LogP contribution in [0.15, 0.2) is 0 Å². The molecule has 1 fully saturated rings. The number of amides is 2. The molecule has 0 bridgehead atoms. The van der Waals surface area contributed by atoms with Gasteiger partial charge >= 0.3 is 0 Å². The highest BCUT2D eigenvalue weighted by molar-refractivity contribution is 5.89. The molecule has 0 aromatic rings. The molecule has 0 spiro atoms. The van der Waals surface area contributed by atoms with Crippen molar-refractivity contribution in [3.05, 3.63) is 0 Å². The van der Waals surface area contributed by atoms with E-state index >= 15 is 0 Å². The van der Waals surface area contributed by atoms with Crippen molar-refractivity contribution in [1.29, 1.82) is 0 Å². The number of unbranched alkanes of at least 4 members (excludes halogenated alkanes) is 2. The molecule has 2 amide bonds. The van der Waals surface area contributed by atoms with Crippen LogP contribution in [0.1, 0.15) is 45.4 Å². The molecule has 0 aliphatic carbocycles. The molecule has 5 heteroatoms. The van der Waals surface area contributed by atoms with E-state index < -0.39 is 0 Å². The van der Waals surface area contributed by atoms with Gasteiger partial charge in [0.05, 0.1) is 0 Å². The summed E-state index contributed by atoms with van der Waals surface area (Å²) in [6, 6.07) is -0.320. The third-order valence-electron chi connectivity index (χ3n) is 3.41. The third kappa shape index (κ3) is 5.59. The normalized spacial score (nSPS) is 20.3. The predicted octanol–water partition coefficient (Wildman–Crippen LogP) is 1.32. The number of nitrogens with one attached hydrogen (secondary N) is 1. The maximum atomic E-state index is 12.3. The molecule has 1 heterocycles. The monoisotopic (exact) mass is 270 g/mol. The van der Waals surface area contributed by atoms with Crippen LogP contribution >= 0.6 is 0 Å². The average Bonchev–Trinajstić information content (AvgIpc) is 2.52. The molecule has 0 aromatic carbocycles. The second-order valence-corrected chi connectivity index (χ2v) is 5.04. The molecule has 1 atom stereocenters. The number of methoxy groups -OCH3 is 1. The van der Waals surface area contributed by atoms with Crippen LogP contribution in [0.2, 0.25) is 0 Å². The average molecular weight is 270 g/mol. The van der Waals surface area contributed by atoms with Gasteiger partial charge < -0.3 is 15.0 Å². The number of rotatable bonds is 8. The molecule has 110 valence electrons. The van der Waals surface area contributed by atoms with E-state index in [1.807, 2.05) is 11.8 Å². The SMILES string of the molecule is CCCC1NC(=O)CCN(CCCCCOC)C1=O. The van der Waals surface area contributed by atoms with Crippen molar-refractivity contribution < 1.29 is 14.3 Å². The highest BCUT2D eigenvalue weighted by Crippen LogP contribution is 2.10. The standard InChI is InChI=1S/C14H26N2O3/c1-3-7-12-14(18)16(10-8-13(17)15-12)9-5-4-6-11-19-2/h12H,3-11H2,1-2H3,(H,15,17). The van der Waals surface area contributed by atoms with E-state index in [1.165, 1.54) is 0 Å². The van der Waals surface area contributed by atoms with Crippen molar-refractivity contribution in [3.8, 4) is 0 Å². The zero-order valence-corrected chi connectivity index (χ0v) is 12.1. The minimum absolute atomic E-state index is 0.00585. The molecule has 1 saturated heterocycles. The first kappa shape index (κ1) is 16.0. The topological polar surface area (TPSA) is 58.6 Å². The summed E-state index contributed by atoms with van der Waals surface area (Å²) in [4.78, 5) is 25.7. The number of hydrogen-bond donors (Lipinski definition) is 1. The largest absolute Gasteiger partial charge is 0.385 e. The molecule has 5 nitrogen and oxygen atoms in total. The number of carbonyl (C=O) groups excluding carboxylic acids is 2. The summed E-state index contributed by atoms with van der Waals surface area (Å²) in [6.45, 7) is 4.10. The van der Waals surface area contributed by atoms with E-state index in [0.717, 1.165) is 45.3 Å². The lowest BCUT2D eigenvalue weighted by atomic mass is 10.1. The van der Waals surface area contributed by atoms with Crippen molar-refractivity contribution in [2.75, 3.05) is 26.8 Å². The molecule has 1 unspecified atom stereocenters. The number of ether oxygens (including phenoxy) is 1. The van der Waals surface area contributed by atoms with Crippen molar-refractivity contribution in [2.24, 2.45) is 0 Å². The van der Waals surface area contributed by atoms with Gasteiger partial charge in [-0.2, -0.15) is 0 Å². The summed E-state index contributed by atoms with van der Waals surface area (Å²) in [5.74, 6) is 0.0770. The molecular weight excluding hydrogens is 244 g/mol. The minimum Gasteiger partial charge on any atom is -0.385 e. The zero-order chi connectivity index (χ0) is 14.1. The summed E-state index contributed by atoms with van der Waals surface area (Å²) in [7, 11) is 1.70. The van der Waals surface area contributed by atoms with Gasteiger partial charge in [0.2, 0.25) is 11.8 Å².